The highest BCUT2D eigenvalue weighted by Gasteiger charge is 2.55. The quantitative estimate of drug-likeness (QED) is 0.918. The van der Waals surface area contributed by atoms with Crippen molar-refractivity contribution in [1.29, 1.82) is 0 Å². The monoisotopic (exact) mass is 353 g/mol. The van der Waals surface area contributed by atoms with E-state index in [1.165, 1.54) is 12.1 Å². The van der Waals surface area contributed by atoms with Crippen molar-refractivity contribution < 1.29 is 19.1 Å². The van der Waals surface area contributed by atoms with Crippen molar-refractivity contribution in [2.45, 2.75) is 24.2 Å². The molecule has 26 heavy (non-hydrogen) atoms. The lowest BCUT2D eigenvalue weighted by Crippen LogP contribution is -2.38. The summed E-state index contributed by atoms with van der Waals surface area (Å²) in [7, 11) is 0. The Bertz CT molecular complexity index is 830. The molecule has 2 aliphatic rings. The SMILES string of the molecule is O=C(O)C1CN(C(=O)C2(c3ccc(F)cc3)CC2)CC1c1ccccc1. The van der Waals surface area contributed by atoms with Crippen molar-refractivity contribution in [3.8, 4) is 0 Å². The number of benzene rings is 2. The van der Waals surface area contributed by atoms with Crippen LogP contribution < -0.4 is 0 Å². The highest BCUT2D eigenvalue weighted by Crippen LogP contribution is 2.50. The zero-order valence-corrected chi connectivity index (χ0v) is 14.3. The molecule has 4 rings (SSSR count). The first-order chi connectivity index (χ1) is 12.5. The molecule has 2 unspecified atom stereocenters. The molecule has 134 valence electrons. The van der Waals surface area contributed by atoms with E-state index in [9.17, 15) is 19.1 Å². The molecule has 2 fully saturated rings. The summed E-state index contributed by atoms with van der Waals surface area (Å²) >= 11 is 0. The number of carbonyl (C=O) groups excluding carboxylic acids is 1. The molecule has 4 nitrogen and oxygen atoms in total. The van der Waals surface area contributed by atoms with Gasteiger partial charge in [-0.3, -0.25) is 9.59 Å². The number of aliphatic carboxylic acids is 1. The van der Waals surface area contributed by atoms with Gasteiger partial charge in [0.05, 0.1) is 11.3 Å². The van der Waals surface area contributed by atoms with Gasteiger partial charge >= 0.3 is 5.97 Å². The van der Waals surface area contributed by atoms with Crippen LogP contribution in [0.3, 0.4) is 0 Å². The van der Waals surface area contributed by atoms with Gasteiger partial charge in [-0.15, -0.1) is 0 Å². The van der Waals surface area contributed by atoms with E-state index in [0.717, 1.165) is 24.0 Å². The van der Waals surface area contributed by atoms with Crippen molar-refractivity contribution in [3.05, 3.63) is 71.5 Å². The van der Waals surface area contributed by atoms with Crippen LogP contribution >= 0.6 is 0 Å². The summed E-state index contributed by atoms with van der Waals surface area (Å²) < 4.78 is 13.2. The maximum absolute atomic E-state index is 13.2. The first-order valence-electron chi connectivity index (χ1n) is 8.84. The van der Waals surface area contributed by atoms with Crippen molar-refractivity contribution >= 4 is 11.9 Å². The third kappa shape index (κ3) is 2.77. The Morgan fingerprint density at radius 3 is 2.23 bits per heavy atom. The highest BCUT2D eigenvalue weighted by molar-refractivity contribution is 5.92. The number of carboxylic acids is 1. The molecule has 1 saturated carbocycles. The van der Waals surface area contributed by atoms with Gasteiger partial charge in [0.2, 0.25) is 5.91 Å². The minimum absolute atomic E-state index is 0.0335. The molecule has 1 N–H and O–H groups in total. The Labute approximate surface area is 151 Å². The number of hydrogen-bond acceptors (Lipinski definition) is 2. The third-order valence-electron chi connectivity index (χ3n) is 5.71. The fourth-order valence-electron chi connectivity index (χ4n) is 4.08. The van der Waals surface area contributed by atoms with E-state index < -0.39 is 17.3 Å². The topological polar surface area (TPSA) is 57.6 Å². The molecule has 1 heterocycles. The fraction of sp³-hybridized carbons (Fsp3) is 0.333. The molecule has 2 aromatic carbocycles. The van der Waals surface area contributed by atoms with Crippen LogP contribution in [-0.4, -0.2) is 35.0 Å². The smallest absolute Gasteiger partial charge is 0.308 e. The molecule has 0 bridgehead atoms. The van der Waals surface area contributed by atoms with E-state index in [4.69, 9.17) is 0 Å². The van der Waals surface area contributed by atoms with Gasteiger partial charge in [0.1, 0.15) is 5.82 Å². The van der Waals surface area contributed by atoms with E-state index in [2.05, 4.69) is 0 Å². The normalized spacial score (nSPS) is 23.7. The van der Waals surface area contributed by atoms with Gasteiger partial charge in [-0.2, -0.15) is 0 Å². The molecule has 2 aromatic rings. The standard InChI is InChI=1S/C21H20FNO3/c22-16-8-6-15(7-9-16)21(10-11-21)20(26)23-12-17(18(13-23)19(24)25)14-4-2-1-3-5-14/h1-9,17-18H,10-13H2,(H,24,25). The number of nitrogens with zero attached hydrogens (tertiary/aromatic N) is 1. The summed E-state index contributed by atoms with van der Waals surface area (Å²) in [5, 5.41) is 9.63. The number of likely N-dealkylation sites (tertiary alicyclic amines) is 1. The van der Waals surface area contributed by atoms with Crippen LogP contribution in [0.15, 0.2) is 54.6 Å². The molecule has 0 spiro atoms. The van der Waals surface area contributed by atoms with Crippen LogP contribution in [0.1, 0.15) is 29.9 Å². The van der Waals surface area contributed by atoms with Crippen molar-refractivity contribution in [2.24, 2.45) is 5.92 Å². The lowest BCUT2D eigenvalue weighted by Gasteiger charge is -2.23. The van der Waals surface area contributed by atoms with E-state index in [1.807, 2.05) is 30.3 Å². The van der Waals surface area contributed by atoms with Gasteiger partial charge in [-0.05, 0) is 36.1 Å². The maximum Gasteiger partial charge on any atom is 0.308 e. The van der Waals surface area contributed by atoms with Crippen LogP contribution in [0.5, 0.6) is 0 Å². The summed E-state index contributed by atoms with van der Waals surface area (Å²) in [5.74, 6) is -2.05. The van der Waals surface area contributed by atoms with E-state index in [0.29, 0.717) is 6.54 Å². The predicted molar refractivity (Wildman–Crippen MR) is 94.2 cm³/mol. The van der Waals surface area contributed by atoms with Crippen LogP contribution in [-0.2, 0) is 15.0 Å². The number of amides is 1. The van der Waals surface area contributed by atoms with Crippen LogP contribution in [0.4, 0.5) is 4.39 Å². The maximum atomic E-state index is 13.2. The highest BCUT2D eigenvalue weighted by atomic mass is 19.1. The van der Waals surface area contributed by atoms with Crippen molar-refractivity contribution in [1.82, 2.24) is 4.90 Å². The Balaban J connectivity index is 1.59. The largest absolute Gasteiger partial charge is 0.481 e. The van der Waals surface area contributed by atoms with Crippen LogP contribution in [0, 0.1) is 11.7 Å². The first kappa shape index (κ1) is 16.8. The van der Waals surface area contributed by atoms with Crippen LogP contribution in [0.2, 0.25) is 0 Å². The van der Waals surface area contributed by atoms with Gasteiger partial charge in [0.25, 0.3) is 0 Å². The second-order valence-corrected chi connectivity index (χ2v) is 7.26. The number of carboxylic acid groups (broad SMARTS) is 1. The minimum Gasteiger partial charge on any atom is -0.481 e. The average molecular weight is 353 g/mol. The Morgan fingerprint density at radius 1 is 1.00 bits per heavy atom. The van der Waals surface area contributed by atoms with Gasteiger partial charge in [-0.25, -0.2) is 4.39 Å². The first-order valence-corrected chi connectivity index (χ1v) is 8.84. The molecular weight excluding hydrogens is 333 g/mol. The predicted octanol–water partition coefficient (Wildman–Crippen LogP) is 3.18. The molecular formula is C21H20FNO3. The average Bonchev–Trinajstić information content (AvgIpc) is 3.33. The molecule has 2 atom stereocenters. The van der Waals surface area contributed by atoms with E-state index in [-0.39, 0.29) is 24.2 Å². The lowest BCUT2D eigenvalue weighted by atomic mass is 9.89. The third-order valence-corrected chi connectivity index (χ3v) is 5.71. The summed E-state index contributed by atoms with van der Waals surface area (Å²) in [4.78, 5) is 26.6. The van der Waals surface area contributed by atoms with E-state index in [1.54, 1.807) is 17.0 Å². The number of hydrogen-bond donors (Lipinski definition) is 1. The van der Waals surface area contributed by atoms with Gasteiger partial charge < -0.3 is 10.0 Å². The lowest BCUT2D eigenvalue weighted by molar-refractivity contribution is -0.142. The summed E-state index contributed by atoms with van der Waals surface area (Å²) in [6, 6.07) is 15.6. The fourth-order valence-corrected chi connectivity index (χ4v) is 4.08. The second kappa shape index (κ2) is 6.24. The Kier molecular flexibility index (Phi) is 4.02. The van der Waals surface area contributed by atoms with Crippen LogP contribution in [0.25, 0.3) is 0 Å². The minimum atomic E-state index is -0.874. The zero-order chi connectivity index (χ0) is 18.3. The molecule has 0 aromatic heterocycles. The number of carbonyl (C=O) groups is 2. The Hall–Kier alpha value is -2.69. The molecule has 1 aliphatic carbocycles. The van der Waals surface area contributed by atoms with Gasteiger partial charge in [-0.1, -0.05) is 42.5 Å². The number of halogens is 1. The van der Waals surface area contributed by atoms with Gasteiger partial charge in [0, 0.05) is 19.0 Å². The van der Waals surface area contributed by atoms with Crippen molar-refractivity contribution in [3.63, 3.8) is 0 Å². The molecule has 5 heteroatoms. The molecule has 0 radical (unpaired) electrons. The molecule has 1 aliphatic heterocycles. The second-order valence-electron chi connectivity index (χ2n) is 7.26. The van der Waals surface area contributed by atoms with E-state index >= 15 is 0 Å². The number of rotatable bonds is 4. The van der Waals surface area contributed by atoms with Gasteiger partial charge in [0.15, 0.2) is 0 Å². The van der Waals surface area contributed by atoms with Crippen molar-refractivity contribution in [2.75, 3.05) is 13.1 Å². The zero-order valence-electron chi connectivity index (χ0n) is 14.3. The molecule has 1 saturated heterocycles. The summed E-state index contributed by atoms with van der Waals surface area (Å²) in [6.07, 6.45) is 1.45. The molecule has 1 amide bonds. The Morgan fingerprint density at radius 2 is 1.65 bits per heavy atom. The summed E-state index contributed by atoms with van der Waals surface area (Å²) in [6.45, 7) is 0.624. The summed E-state index contributed by atoms with van der Waals surface area (Å²) in [5.41, 5.74) is 1.16.